The van der Waals surface area contributed by atoms with Crippen LogP contribution in [0.2, 0.25) is 0 Å². The summed E-state index contributed by atoms with van der Waals surface area (Å²) in [6.07, 6.45) is 3.72. The van der Waals surface area contributed by atoms with Gasteiger partial charge in [-0.3, -0.25) is 9.20 Å². The lowest BCUT2D eigenvalue weighted by molar-refractivity contribution is -0.113. The second kappa shape index (κ2) is 9.30. The molecule has 5 aromatic rings. The van der Waals surface area contributed by atoms with E-state index >= 15 is 0 Å². The molecule has 0 spiro atoms. The number of fused-ring (bicyclic) bond motifs is 3. The van der Waals surface area contributed by atoms with Crippen LogP contribution in [0, 0.1) is 13.8 Å². The van der Waals surface area contributed by atoms with Crippen LogP contribution in [-0.4, -0.2) is 50.1 Å². The Labute approximate surface area is 206 Å². The molecule has 0 aliphatic rings. The van der Waals surface area contributed by atoms with Gasteiger partial charge < -0.3 is 14.8 Å². The van der Waals surface area contributed by atoms with E-state index in [0.717, 1.165) is 16.8 Å². The fourth-order valence-corrected chi connectivity index (χ4v) is 4.49. The maximum Gasteiger partial charge on any atom is 0.234 e. The Morgan fingerprint density at radius 2 is 1.80 bits per heavy atom. The number of hydrogen-bond acceptors (Lipinski definition) is 7. The second-order valence-corrected chi connectivity index (χ2v) is 8.98. The van der Waals surface area contributed by atoms with E-state index in [4.69, 9.17) is 14.6 Å². The van der Waals surface area contributed by atoms with Gasteiger partial charge in [0, 0.05) is 29.7 Å². The molecule has 9 nitrogen and oxygen atoms in total. The Morgan fingerprint density at radius 3 is 2.57 bits per heavy atom. The molecule has 0 saturated heterocycles. The van der Waals surface area contributed by atoms with E-state index in [0.29, 0.717) is 28.0 Å². The average Bonchev–Trinajstić information content (AvgIpc) is 3.48. The number of aromatic nitrogens is 5. The summed E-state index contributed by atoms with van der Waals surface area (Å²) in [7, 11) is 3.12. The zero-order valence-electron chi connectivity index (χ0n) is 19.8. The summed E-state index contributed by atoms with van der Waals surface area (Å²) in [4.78, 5) is 12.5. The number of ether oxygens (including phenoxy) is 2. The number of methoxy groups -OCH3 is 2. The first-order valence-electron chi connectivity index (χ1n) is 10.9. The number of carbonyl (C=O) groups excluding carboxylic acids is 1. The van der Waals surface area contributed by atoms with Crippen molar-refractivity contribution in [2.24, 2.45) is 0 Å². The van der Waals surface area contributed by atoms with Gasteiger partial charge in [0.2, 0.25) is 5.91 Å². The molecule has 0 atom stereocenters. The highest BCUT2D eigenvalue weighted by atomic mass is 32.2. The molecule has 178 valence electrons. The Kier molecular flexibility index (Phi) is 6.04. The first-order valence-corrected chi connectivity index (χ1v) is 11.9. The molecular weight excluding hydrogens is 464 g/mol. The standard InChI is InChI=1S/C25H24N6O3S/c1-15-5-6-17(11-16(15)2)19-13-20-24-27-28-25(30(24)9-10-31(20)29-19)35-14-23(32)26-18-7-8-21(33-3)22(12-18)34-4/h5-13H,14H2,1-4H3,(H,26,32). The van der Waals surface area contributed by atoms with Crippen LogP contribution in [0.15, 0.2) is 60.0 Å². The summed E-state index contributed by atoms with van der Waals surface area (Å²) in [5.41, 5.74) is 6.53. The van der Waals surface area contributed by atoms with Crippen molar-refractivity contribution in [3.8, 4) is 22.8 Å². The minimum atomic E-state index is -0.165. The highest BCUT2D eigenvalue weighted by Gasteiger charge is 2.15. The van der Waals surface area contributed by atoms with Gasteiger partial charge in [-0.05, 0) is 49.2 Å². The van der Waals surface area contributed by atoms with Gasteiger partial charge in [0.05, 0.1) is 25.7 Å². The van der Waals surface area contributed by atoms with E-state index in [1.165, 1.54) is 22.9 Å². The third-order valence-electron chi connectivity index (χ3n) is 5.79. The van der Waals surface area contributed by atoms with Gasteiger partial charge >= 0.3 is 0 Å². The maximum absolute atomic E-state index is 12.5. The molecule has 0 bridgehead atoms. The van der Waals surface area contributed by atoms with Crippen molar-refractivity contribution in [3.63, 3.8) is 0 Å². The lowest BCUT2D eigenvalue weighted by Gasteiger charge is -2.10. The first-order chi connectivity index (χ1) is 17.0. The lowest BCUT2D eigenvalue weighted by atomic mass is 10.0. The third-order valence-corrected chi connectivity index (χ3v) is 6.73. The Balaban J connectivity index is 1.34. The number of carbonyl (C=O) groups is 1. The maximum atomic E-state index is 12.5. The number of thioether (sulfide) groups is 1. The summed E-state index contributed by atoms with van der Waals surface area (Å²) in [6.45, 7) is 4.19. The molecule has 5 rings (SSSR count). The summed E-state index contributed by atoms with van der Waals surface area (Å²) >= 11 is 1.31. The van der Waals surface area contributed by atoms with Crippen LogP contribution in [-0.2, 0) is 4.79 Å². The molecule has 3 aromatic heterocycles. The quantitative estimate of drug-likeness (QED) is 0.339. The van der Waals surface area contributed by atoms with E-state index in [1.807, 2.05) is 22.9 Å². The van der Waals surface area contributed by atoms with Gasteiger partial charge in [-0.15, -0.1) is 10.2 Å². The molecule has 1 N–H and O–H groups in total. The number of nitrogens with zero attached hydrogens (tertiary/aromatic N) is 5. The smallest absolute Gasteiger partial charge is 0.234 e. The van der Waals surface area contributed by atoms with Gasteiger partial charge in [0.15, 0.2) is 22.3 Å². The van der Waals surface area contributed by atoms with Crippen molar-refractivity contribution >= 4 is 34.5 Å². The van der Waals surface area contributed by atoms with Gasteiger partial charge in [-0.25, -0.2) is 4.52 Å². The monoisotopic (exact) mass is 488 g/mol. The van der Waals surface area contributed by atoms with E-state index in [9.17, 15) is 4.79 Å². The molecule has 0 aliphatic carbocycles. The number of amides is 1. The van der Waals surface area contributed by atoms with Crippen molar-refractivity contribution < 1.29 is 14.3 Å². The molecule has 0 unspecified atom stereocenters. The Bertz CT molecular complexity index is 1560. The third kappa shape index (κ3) is 4.40. The van der Waals surface area contributed by atoms with Crippen molar-refractivity contribution in [1.82, 2.24) is 24.2 Å². The number of rotatable bonds is 7. The highest BCUT2D eigenvalue weighted by Crippen LogP contribution is 2.30. The number of benzene rings is 2. The molecule has 0 fully saturated rings. The van der Waals surface area contributed by atoms with Crippen LogP contribution in [0.1, 0.15) is 11.1 Å². The Hall–Kier alpha value is -4.05. The predicted molar refractivity (Wildman–Crippen MR) is 136 cm³/mol. The fraction of sp³-hybridized carbons (Fsp3) is 0.200. The van der Waals surface area contributed by atoms with Crippen molar-refractivity contribution in [1.29, 1.82) is 0 Å². The number of hydrogen-bond donors (Lipinski definition) is 1. The first kappa shape index (κ1) is 22.7. The van der Waals surface area contributed by atoms with Crippen LogP contribution in [0.5, 0.6) is 11.5 Å². The van der Waals surface area contributed by atoms with Crippen LogP contribution in [0.4, 0.5) is 5.69 Å². The molecule has 2 aromatic carbocycles. The summed E-state index contributed by atoms with van der Waals surface area (Å²) in [5, 5.41) is 16.9. The summed E-state index contributed by atoms with van der Waals surface area (Å²) in [5.74, 6) is 1.16. The van der Waals surface area contributed by atoms with Crippen LogP contribution >= 0.6 is 11.8 Å². The van der Waals surface area contributed by atoms with Crippen molar-refractivity contribution in [2.75, 3.05) is 25.3 Å². The predicted octanol–water partition coefficient (Wildman–Crippen LogP) is 4.41. The average molecular weight is 489 g/mol. The number of nitrogens with one attached hydrogen (secondary N) is 1. The van der Waals surface area contributed by atoms with E-state index in [2.05, 4.69) is 47.6 Å². The normalized spacial score (nSPS) is 11.2. The van der Waals surface area contributed by atoms with Crippen molar-refractivity contribution in [2.45, 2.75) is 19.0 Å². The van der Waals surface area contributed by atoms with Crippen LogP contribution < -0.4 is 14.8 Å². The fourth-order valence-electron chi connectivity index (χ4n) is 3.77. The van der Waals surface area contributed by atoms with Gasteiger partial charge in [0.25, 0.3) is 0 Å². The molecule has 3 heterocycles. The number of anilines is 1. The molecular formula is C25H24N6O3S. The largest absolute Gasteiger partial charge is 0.493 e. The lowest BCUT2D eigenvalue weighted by Crippen LogP contribution is -2.14. The second-order valence-electron chi connectivity index (χ2n) is 8.04. The van der Waals surface area contributed by atoms with Crippen LogP contribution in [0.3, 0.4) is 0 Å². The Morgan fingerprint density at radius 1 is 0.971 bits per heavy atom. The van der Waals surface area contributed by atoms with Gasteiger partial charge in [0.1, 0.15) is 5.52 Å². The van der Waals surface area contributed by atoms with Crippen molar-refractivity contribution in [3.05, 3.63) is 66.0 Å². The summed E-state index contributed by atoms with van der Waals surface area (Å²) < 4.78 is 14.2. The molecule has 1 amide bonds. The SMILES string of the molecule is COc1ccc(NC(=O)CSc2nnc3c4cc(-c5ccc(C)c(C)c5)nn4ccn23)cc1OC. The minimum absolute atomic E-state index is 0.165. The molecule has 0 aliphatic heterocycles. The molecule has 0 saturated carbocycles. The highest BCUT2D eigenvalue weighted by molar-refractivity contribution is 7.99. The zero-order chi connectivity index (χ0) is 24.5. The van der Waals surface area contributed by atoms with Crippen LogP contribution in [0.25, 0.3) is 22.4 Å². The number of aryl methyl sites for hydroxylation is 2. The van der Waals surface area contributed by atoms with E-state index < -0.39 is 0 Å². The van der Waals surface area contributed by atoms with Gasteiger partial charge in [-0.1, -0.05) is 23.9 Å². The molecule has 10 heteroatoms. The zero-order valence-corrected chi connectivity index (χ0v) is 20.6. The van der Waals surface area contributed by atoms with Gasteiger partial charge in [-0.2, -0.15) is 5.10 Å². The topological polar surface area (TPSA) is 95.0 Å². The molecule has 0 radical (unpaired) electrons. The summed E-state index contributed by atoms with van der Waals surface area (Å²) in [6, 6.07) is 13.5. The van der Waals surface area contributed by atoms with E-state index in [1.54, 1.807) is 36.9 Å². The molecule has 35 heavy (non-hydrogen) atoms. The minimum Gasteiger partial charge on any atom is -0.493 e. The van der Waals surface area contributed by atoms with E-state index in [-0.39, 0.29) is 11.7 Å².